The topological polar surface area (TPSA) is 118 Å². The number of sulfonamides is 1. The molecule has 256 valence electrons. The lowest BCUT2D eigenvalue weighted by Gasteiger charge is -2.41. The molecule has 5 heterocycles. The summed E-state index contributed by atoms with van der Waals surface area (Å²) in [5.74, 6) is 1.15. The molecule has 12 nitrogen and oxygen atoms in total. The molecule has 0 bridgehead atoms. The van der Waals surface area contributed by atoms with E-state index in [4.69, 9.17) is 30.2 Å². The van der Waals surface area contributed by atoms with E-state index in [1.165, 1.54) is 25.5 Å². The van der Waals surface area contributed by atoms with E-state index >= 15 is 4.79 Å². The predicted octanol–water partition coefficient (Wildman–Crippen LogP) is 4.63. The van der Waals surface area contributed by atoms with Crippen LogP contribution in [0.3, 0.4) is 0 Å². The summed E-state index contributed by atoms with van der Waals surface area (Å²) in [6, 6.07) is 14.4. The molecular formula is C35H36ClN5O7S. The molecule has 0 N–H and O–H groups in total. The number of hydrogen-bond donors (Lipinski definition) is 0. The maximum atomic E-state index is 15.7. The molecule has 0 aliphatic carbocycles. The van der Waals surface area contributed by atoms with Crippen LogP contribution in [0.1, 0.15) is 41.5 Å². The Balaban J connectivity index is 1.37. The van der Waals surface area contributed by atoms with Crippen molar-refractivity contribution >= 4 is 33.2 Å². The van der Waals surface area contributed by atoms with Crippen LogP contribution >= 0.6 is 11.6 Å². The van der Waals surface area contributed by atoms with Crippen LogP contribution in [0.15, 0.2) is 76.4 Å². The summed E-state index contributed by atoms with van der Waals surface area (Å²) in [5.41, 5.74) is 0.343. The van der Waals surface area contributed by atoms with E-state index in [1.807, 2.05) is 17.0 Å². The van der Waals surface area contributed by atoms with Crippen LogP contribution in [0.25, 0.3) is 0 Å². The van der Waals surface area contributed by atoms with Crippen molar-refractivity contribution in [2.24, 2.45) is 0 Å². The van der Waals surface area contributed by atoms with E-state index in [-0.39, 0.29) is 17.4 Å². The number of hydrogen-bond acceptors (Lipinski definition) is 11. The van der Waals surface area contributed by atoms with Crippen molar-refractivity contribution in [2.75, 3.05) is 58.0 Å². The van der Waals surface area contributed by atoms with Crippen molar-refractivity contribution in [3.8, 4) is 17.2 Å². The lowest BCUT2D eigenvalue weighted by atomic mass is 9.80. The first-order valence-electron chi connectivity index (χ1n) is 16.3. The minimum atomic E-state index is -4.44. The van der Waals surface area contributed by atoms with Crippen molar-refractivity contribution in [3.63, 3.8) is 0 Å². The Kier molecular flexibility index (Phi) is 8.07. The molecule has 0 saturated carbocycles. The lowest BCUT2D eigenvalue weighted by molar-refractivity contribution is -0.127. The molecule has 0 spiro atoms. The van der Waals surface area contributed by atoms with Gasteiger partial charge in [-0.15, -0.1) is 0 Å². The Morgan fingerprint density at radius 3 is 2.53 bits per heavy atom. The number of nitrogens with zero attached hydrogens (tertiary/aromatic N) is 5. The first kappa shape index (κ1) is 32.1. The second kappa shape index (κ2) is 12.3. The van der Waals surface area contributed by atoms with Gasteiger partial charge >= 0.3 is 0 Å². The van der Waals surface area contributed by atoms with Gasteiger partial charge in [-0.2, -0.15) is 0 Å². The molecule has 8 rings (SSSR count). The standard InChI is InChI=1S/C35H36ClN5O7S/c1-38-13-15-39(16-14-38)21-23-18-28(32-31(19-23)47-22-48-32)35(40-12-3-4-30(40)33-37-11-17-46-33)27-20-24(36)5-10-29(27)41(34(35)42)49(43,44)26-8-6-25(45-2)7-9-26/h5-11,17-20,30H,3-4,12-16,21-22H2,1-2H3/t30-,35?/m0/s1. The van der Waals surface area contributed by atoms with Gasteiger partial charge in [-0.05, 0) is 80.1 Å². The van der Waals surface area contributed by atoms with Gasteiger partial charge < -0.3 is 23.5 Å². The van der Waals surface area contributed by atoms with E-state index in [9.17, 15) is 8.42 Å². The van der Waals surface area contributed by atoms with E-state index in [1.54, 1.807) is 36.5 Å². The second-order valence-corrected chi connectivity index (χ2v) is 15.0. The van der Waals surface area contributed by atoms with Crippen molar-refractivity contribution in [3.05, 3.63) is 94.7 Å². The van der Waals surface area contributed by atoms with Crippen LogP contribution in [0.5, 0.6) is 17.2 Å². The lowest BCUT2D eigenvalue weighted by Crippen LogP contribution is -2.54. The third kappa shape index (κ3) is 5.18. The van der Waals surface area contributed by atoms with Gasteiger partial charge in [0.1, 0.15) is 12.0 Å². The van der Waals surface area contributed by atoms with Gasteiger partial charge in [0.2, 0.25) is 12.7 Å². The number of methoxy groups -OCH3 is 1. The largest absolute Gasteiger partial charge is 0.497 e. The number of anilines is 1. The number of likely N-dealkylation sites (tertiary alicyclic amines) is 1. The summed E-state index contributed by atoms with van der Waals surface area (Å²) in [6.07, 6.45) is 4.43. The smallest absolute Gasteiger partial charge is 0.271 e. The maximum Gasteiger partial charge on any atom is 0.271 e. The molecule has 14 heteroatoms. The highest BCUT2D eigenvalue weighted by Crippen LogP contribution is 2.58. The molecule has 49 heavy (non-hydrogen) atoms. The van der Waals surface area contributed by atoms with Gasteiger partial charge in [-0.3, -0.25) is 14.6 Å². The number of fused-ring (bicyclic) bond motifs is 2. The fraction of sp³-hybridized carbons (Fsp3) is 0.371. The number of oxazole rings is 1. The zero-order valence-corrected chi connectivity index (χ0v) is 28.7. The Morgan fingerprint density at radius 1 is 1.00 bits per heavy atom. The van der Waals surface area contributed by atoms with E-state index in [2.05, 4.69) is 21.8 Å². The van der Waals surface area contributed by atoms with E-state index in [0.717, 1.165) is 36.0 Å². The molecule has 2 fully saturated rings. The van der Waals surface area contributed by atoms with Gasteiger partial charge in [0.25, 0.3) is 15.9 Å². The summed E-state index contributed by atoms with van der Waals surface area (Å²) >= 11 is 6.72. The summed E-state index contributed by atoms with van der Waals surface area (Å²) in [4.78, 5) is 26.8. The number of benzene rings is 3. The number of rotatable bonds is 8. The predicted molar refractivity (Wildman–Crippen MR) is 180 cm³/mol. The Hall–Kier alpha value is -4.14. The van der Waals surface area contributed by atoms with Crippen LogP contribution in [-0.2, 0) is 26.9 Å². The fourth-order valence-electron chi connectivity index (χ4n) is 7.65. The molecule has 3 aromatic carbocycles. The van der Waals surface area contributed by atoms with Crippen LogP contribution in [-0.4, -0.2) is 87.7 Å². The number of likely N-dealkylation sites (N-methyl/N-ethyl adjacent to an activating group) is 1. The normalized spacial score (nSPS) is 23.0. The molecule has 1 unspecified atom stereocenters. The summed E-state index contributed by atoms with van der Waals surface area (Å²) in [7, 11) is -0.821. The molecule has 1 amide bonds. The first-order valence-corrected chi connectivity index (χ1v) is 18.1. The highest BCUT2D eigenvalue weighted by molar-refractivity contribution is 7.93. The Morgan fingerprint density at radius 2 is 1.80 bits per heavy atom. The van der Waals surface area contributed by atoms with Crippen molar-refractivity contribution in [1.29, 1.82) is 0 Å². The minimum absolute atomic E-state index is 0.0377. The van der Waals surface area contributed by atoms with Crippen molar-refractivity contribution < 1.29 is 31.8 Å². The van der Waals surface area contributed by atoms with Crippen molar-refractivity contribution in [1.82, 2.24) is 19.7 Å². The molecule has 1 aromatic heterocycles. The SMILES string of the molecule is COc1ccc(S(=O)(=O)N2C(=O)C(c3cc(CN4CCN(C)CC4)cc4c3OCO4)(N3CCC[C@H]3c3ncco3)c3cc(Cl)ccc32)cc1. The molecule has 2 atom stereocenters. The molecule has 4 aliphatic rings. The zero-order valence-electron chi connectivity index (χ0n) is 27.2. The van der Waals surface area contributed by atoms with Crippen LogP contribution in [0, 0.1) is 0 Å². The highest BCUT2D eigenvalue weighted by Gasteiger charge is 2.63. The summed E-state index contributed by atoms with van der Waals surface area (Å²) < 4.78 is 53.5. The zero-order chi connectivity index (χ0) is 33.9. The van der Waals surface area contributed by atoms with Crippen LogP contribution in [0.2, 0.25) is 5.02 Å². The number of piperazine rings is 1. The average molecular weight is 706 g/mol. The van der Waals surface area contributed by atoms with Gasteiger partial charge in [-0.25, -0.2) is 17.7 Å². The molecule has 4 aliphatic heterocycles. The number of carbonyl (C=O) groups excluding carboxylic acids is 1. The Labute approximate surface area is 289 Å². The number of ether oxygens (including phenoxy) is 3. The molecule has 4 aromatic rings. The van der Waals surface area contributed by atoms with Crippen LogP contribution in [0.4, 0.5) is 5.69 Å². The van der Waals surface area contributed by atoms with Gasteiger partial charge in [0.05, 0.1) is 29.9 Å². The van der Waals surface area contributed by atoms with Gasteiger partial charge in [0, 0.05) is 55.4 Å². The quantitative estimate of drug-likeness (QED) is 0.256. The first-order chi connectivity index (χ1) is 23.7. The van der Waals surface area contributed by atoms with E-state index < -0.39 is 27.5 Å². The number of halogens is 1. The van der Waals surface area contributed by atoms with Crippen molar-refractivity contribution in [2.45, 2.75) is 35.9 Å². The molecule has 0 radical (unpaired) electrons. The van der Waals surface area contributed by atoms with Gasteiger partial charge in [-0.1, -0.05) is 11.6 Å². The number of amides is 1. The maximum absolute atomic E-state index is 15.7. The number of carbonyl (C=O) groups is 1. The second-order valence-electron chi connectivity index (χ2n) is 12.8. The number of aromatic nitrogens is 1. The minimum Gasteiger partial charge on any atom is -0.497 e. The third-order valence-corrected chi connectivity index (χ3v) is 11.9. The molecular weight excluding hydrogens is 670 g/mol. The van der Waals surface area contributed by atoms with Crippen LogP contribution < -0.4 is 18.5 Å². The Bertz CT molecular complexity index is 2000. The fourth-order valence-corrected chi connectivity index (χ4v) is 9.28. The van der Waals surface area contributed by atoms with E-state index in [0.29, 0.717) is 65.2 Å². The summed E-state index contributed by atoms with van der Waals surface area (Å²) in [6.45, 7) is 4.67. The monoisotopic (exact) mass is 705 g/mol. The third-order valence-electron chi connectivity index (χ3n) is 10.0. The average Bonchev–Trinajstić information content (AvgIpc) is 3.92. The highest BCUT2D eigenvalue weighted by atomic mass is 35.5. The van der Waals surface area contributed by atoms with Gasteiger partial charge in [0.15, 0.2) is 17.0 Å². The molecule has 2 saturated heterocycles. The summed E-state index contributed by atoms with van der Waals surface area (Å²) in [5, 5.41) is 0.355.